The maximum atomic E-state index is 5.06. The highest BCUT2D eigenvalue weighted by Gasteiger charge is 2.07. The van der Waals surface area contributed by atoms with Gasteiger partial charge in [0, 0.05) is 18.3 Å². The molecule has 0 unspecified atom stereocenters. The highest BCUT2D eigenvalue weighted by molar-refractivity contribution is 5.80. The van der Waals surface area contributed by atoms with Crippen LogP contribution in [0.2, 0.25) is 0 Å². The zero-order chi connectivity index (χ0) is 18.6. The van der Waals surface area contributed by atoms with Crippen molar-refractivity contribution in [3.63, 3.8) is 0 Å². The van der Waals surface area contributed by atoms with Gasteiger partial charge in [0.05, 0.1) is 18.1 Å². The molecule has 4 aromatic rings. The third-order valence-corrected chi connectivity index (χ3v) is 4.56. The maximum Gasteiger partial charge on any atom is 0.233 e. The van der Waals surface area contributed by atoms with E-state index in [4.69, 9.17) is 4.74 Å². The van der Waals surface area contributed by atoms with E-state index in [0.29, 0.717) is 11.7 Å². The summed E-state index contributed by atoms with van der Waals surface area (Å²) >= 11 is 0. The van der Waals surface area contributed by atoms with Crippen LogP contribution in [0.4, 0.5) is 5.69 Å². The highest BCUT2D eigenvalue weighted by Crippen LogP contribution is 2.21. The van der Waals surface area contributed by atoms with Crippen LogP contribution in [0.3, 0.4) is 0 Å². The zero-order valence-electron chi connectivity index (χ0n) is 15.4. The third-order valence-electron chi connectivity index (χ3n) is 4.56. The summed E-state index contributed by atoms with van der Waals surface area (Å²) in [5, 5.41) is 11.7. The van der Waals surface area contributed by atoms with Gasteiger partial charge in [-0.2, -0.15) is 0 Å². The number of hydrogen-bond donors (Lipinski definition) is 1. The van der Waals surface area contributed by atoms with E-state index in [9.17, 15) is 0 Å². The van der Waals surface area contributed by atoms with Gasteiger partial charge in [-0.25, -0.2) is 4.98 Å². The number of anilines is 1. The minimum atomic E-state index is 0.488. The number of ether oxygens (including phenoxy) is 1. The number of hydrogen-bond acceptors (Lipinski definition) is 5. The van der Waals surface area contributed by atoms with Gasteiger partial charge in [-0.3, -0.25) is 4.57 Å². The number of aryl methyl sites for hydroxylation is 1. The first-order valence-corrected chi connectivity index (χ1v) is 8.93. The van der Waals surface area contributed by atoms with E-state index in [2.05, 4.69) is 57.8 Å². The van der Waals surface area contributed by atoms with Crippen molar-refractivity contribution in [2.45, 2.75) is 19.9 Å². The molecule has 0 saturated heterocycles. The van der Waals surface area contributed by atoms with Crippen molar-refractivity contribution in [1.29, 1.82) is 0 Å². The lowest BCUT2D eigenvalue weighted by atomic mass is 10.1. The highest BCUT2D eigenvalue weighted by atomic mass is 16.5. The van der Waals surface area contributed by atoms with E-state index >= 15 is 0 Å². The Morgan fingerprint density at radius 1 is 0.963 bits per heavy atom. The number of rotatable bonds is 6. The van der Waals surface area contributed by atoms with Crippen molar-refractivity contribution in [3.8, 4) is 11.7 Å². The molecule has 0 aliphatic rings. The Hall–Kier alpha value is -3.41. The Balaban J connectivity index is 1.52. The number of aromatic nitrogens is 4. The fourth-order valence-electron chi connectivity index (χ4n) is 2.95. The fourth-order valence-corrected chi connectivity index (χ4v) is 2.95. The molecule has 0 fully saturated rings. The summed E-state index contributed by atoms with van der Waals surface area (Å²) in [6, 6.07) is 18.5. The molecular weight excluding hydrogens is 338 g/mol. The quantitative estimate of drug-likeness (QED) is 0.564. The lowest BCUT2D eigenvalue weighted by molar-refractivity contribution is 0.391. The molecule has 6 nitrogen and oxygen atoms in total. The van der Waals surface area contributed by atoms with Gasteiger partial charge in [0.15, 0.2) is 5.82 Å². The van der Waals surface area contributed by atoms with Crippen molar-refractivity contribution >= 4 is 16.7 Å². The van der Waals surface area contributed by atoms with Gasteiger partial charge in [-0.05, 0) is 41.8 Å². The summed E-state index contributed by atoms with van der Waals surface area (Å²) in [5.41, 5.74) is 5.53. The van der Waals surface area contributed by atoms with Gasteiger partial charge in [-0.1, -0.05) is 31.2 Å². The molecule has 6 heteroatoms. The Morgan fingerprint density at radius 2 is 1.78 bits per heavy atom. The minimum absolute atomic E-state index is 0.488. The van der Waals surface area contributed by atoms with Gasteiger partial charge < -0.3 is 10.1 Å². The normalized spacial score (nSPS) is 10.9. The maximum absolute atomic E-state index is 5.06. The topological polar surface area (TPSA) is 64.9 Å². The van der Waals surface area contributed by atoms with Crippen LogP contribution in [0, 0.1) is 0 Å². The molecule has 27 heavy (non-hydrogen) atoms. The van der Waals surface area contributed by atoms with E-state index in [0.717, 1.165) is 29.7 Å². The average molecular weight is 359 g/mol. The lowest BCUT2D eigenvalue weighted by Crippen LogP contribution is -2.00. The third kappa shape index (κ3) is 3.60. The first-order chi connectivity index (χ1) is 13.3. The summed E-state index contributed by atoms with van der Waals surface area (Å²) in [6.45, 7) is 2.94. The number of fused-ring (bicyclic) bond motifs is 1. The second-order valence-corrected chi connectivity index (χ2v) is 6.28. The van der Waals surface area contributed by atoms with Crippen LogP contribution >= 0.6 is 0 Å². The summed E-state index contributed by atoms with van der Waals surface area (Å²) in [7, 11) is 1.57. The molecule has 1 N–H and O–H groups in total. The van der Waals surface area contributed by atoms with Crippen LogP contribution in [-0.2, 0) is 13.0 Å². The lowest BCUT2D eigenvalue weighted by Gasteiger charge is -2.08. The van der Waals surface area contributed by atoms with Gasteiger partial charge in [0.1, 0.15) is 6.33 Å². The van der Waals surface area contributed by atoms with E-state index in [-0.39, 0.29) is 0 Å². The van der Waals surface area contributed by atoms with Gasteiger partial charge in [0.25, 0.3) is 0 Å². The molecule has 2 aromatic carbocycles. The molecule has 0 bridgehead atoms. The van der Waals surface area contributed by atoms with Crippen LogP contribution in [0.15, 0.2) is 60.9 Å². The number of nitrogens with zero attached hydrogens (tertiary/aromatic N) is 4. The number of imidazole rings is 1. The van der Waals surface area contributed by atoms with Crippen molar-refractivity contribution < 1.29 is 4.74 Å². The van der Waals surface area contributed by atoms with Gasteiger partial charge in [0.2, 0.25) is 5.88 Å². The van der Waals surface area contributed by atoms with Crippen molar-refractivity contribution in [2.24, 2.45) is 0 Å². The molecule has 0 aliphatic carbocycles. The molecule has 0 saturated carbocycles. The zero-order valence-corrected chi connectivity index (χ0v) is 15.4. The summed E-state index contributed by atoms with van der Waals surface area (Å²) < 4.78 is 6.97. The van der Waals surface area contributed by atoms with E-state index in [1.165, 1.54) is 11.1 Å². The van der Waals surface area contributed by atoms with E-state index < -0.39 is 0 Å². The van der Waals surface area contributed by atoms with Crippen LogP contribution in [0.1, 0.15) is 18.1 Å². The first-order valence-electron chi connectivity index (χ1n) is 8.93. The Morgan fingerprint density at radius 3 is 2.48 bits per heavy atom. The molecular formula is C21H21N5O. The molecule has 0 radical (unpaired) electrons. The van der Waals surface area contributed by atoms with Crippen LogP contribution in [0.25, 0.3) is 16.9 Å². The summed E-state index contributed by atoms with van der Waals surface area (Å²) in [4.78, 5) is 4.50. The molecule has 2 heterocycles. The Bertz CT molecular complexity index is 1040. The predicted octanol–water partition coefficient (Wildman–Crippen LogP) is 4.00. The smallest absolute Gasteiger partial charge is 0.233 e. The Labute approximate surface area is 157 Å². The van der Waals surface area contributed by atoms with Crippen LogP contribution in [-0.4, -0.2) is 26.9 Å². The van der Waals surface area contributed by atoms with Crippen LogP contribution in [0.5, 0.6) is 5.88 Å². The number of benzene rings is 2. The SMILES string of the molecule is CCc1ccc(CNc2ccc3c(c2)ncn3-c2ccc(OC)nn2)cc1. The Kier molecular flexibility index (Phi) is 4.70. The van der Waals surface area contributed by atoms with Gasteiger partial charge >= 0.3 is 0 Å². The van der Waals surface area contributed by atoms with E-state index in [1.807, 2.05) is 22.8 Å². The second kappa shape index (κ2) is 7.45. The average Bonchev–Trinajstić information content (AvgIpc) is 3.16. The first kappa shape index (κ1) is 17.0. The molecule has 0 spiro atoms. The molecule has 4 rings (SSSR count). The monoisotopic (exact) mass is 359 g/mol. The predicted molar refractivity (Wildman–Crippen MR) is 106 cm³/mol. The molecule has 0 atom stereocenters. The van der Waals surface area contributed by atoms with Gasteiger partial charge in [-0.15, -0.1) is 10.2 Å². The van der Waals surface area contributed by atoms with Crippen molar-refractivity contribution in [2.75, 3.05) is 12.4 Å². The summed E-state index contributed by atoms with van der Waals surface area (Å²) in [6.07, 6.45) is 2.82. The van der Waals surface area contributed by atoms with Crippen LogP contribution < -0.4 is 10.1 Å². The fraction of sp³-hybridized carbons (Fsp3) is 0.190. The summed E-state index contributed by atoms with van der Waals surface area (Å²) in [5.74, 6) is 1.19. The number of nitrogens with one attached hydrogen (secondary N) is 1. The van der Waals surface area contributed by atoms with Crippen molar-refractivity contribution in [1.82, 2.24) is 19.7 Å². The second-order valence-electron chi connectivity index (χ2n) is 6.28. The van der Waals surface area contributed by atoms with E-state index in [1.54, 1.807) is 19.5 Å². The molecule has 136 valence electrons. The number of methoxy groups -OCH3 is 1. The molecule has 0 amide bonds. The minimum Gasteiger partial charge on any atom is -0.480 e. The van der Waals surface area contributed by atoms with Crippen molar-refractivity contribution in [3.05, 3.63) is 72.1 Å². The molecule has 2 aromatic heterocycles. The largest absolute Gasteiger partial charge is 0.480 e. The molecule has 0 aliphatic heterocycles. The standard InChI is InChI=1S/C21H21N5O/c1-3-15-4-6-16(7-5-15)13-22-17-8-9-19-18(12-17)23-14-26(19)20-10-11-21(27-2)25-24-20/h4-12,14,22H,3,13H2,1-2H3.